The average molecular weight is 372 g/mol. The van der Waals surface area contributed by atoms with E-state index in [2.05, 4.69) is 21.0 Å². The number of ketones is 1. The molecule has 0 fully saturated rings. The number of carbonyl (C=O) groups excluding carboxylic acids is 1. The number of hydrogen-bond donors (Lipinski definition) is 0. The first-order valence-corrected chi connectivity index (χ1v) is 8.10. The van der Waals surface area contributed by atoms with Crippen LogP contribution in [0, 0.1) is 6.92 Å². The number of thiophene rings is 1. The van der Waals surface area contributed by atoms with Crippen molar-refractivity contribution in [3.8, 4) is 5.75 Å². The van der Waals surface area contributed by atoms with Crippen LogP contribution in [0.25, 0.3) is 0 Å². The summed E-state index contributed by atoms with van der Waals surface area (Å²) >= 11 is 4.89. The van der Waals surface area contributed by atoms with Crippen LogP contribution in [-0.2, 0) is 6.54 Å². The largest absolute Gasteiger partial charge is 0.493 e. The van der Waals surface area contributed by atoms with Crippen molar-refractivity contribution >= 4 is 33.0 Å². The van der Waals surface area contributed by atoms with Crippen LogP contribution in [-0.4, -0.2) is 48.2 Å². The van der Waals surface area contributed by atoms with Gasteiger partial charge in [-0.15, -0.1) is 11.3 Å². The van der Waals surface area contributed by atoms with Crippen LogP contribution in [0.4, 0.5) is 0 Å². The molecule has 0 atom stereocenters. The van der Waals surface area contributed by atoms with E-state index >= 15 is 0 Å². The van der Waals surface area contributed by atoms with Gasteiger partial charge in [-0.25, -0.2) is 0 Å². The summed E-state index contributed by atoms with van der Waals surface area (Å²) in [7, 11) is 5.53. The molecule has 0 spiro atoms. The van der Waals surface area contributed by atoms with Crippen LogP contribution in [0.1, 0.15) is 20.9 Å². The third kappa shape index (κ3) is 3.53. The predicted octanol–water partition coefficient (Wildman–Crippen LogP) is 2.82. The van der Waals surface area contributed by atoms with E-state index in [1.807, 2.05) is 32.0 Å². The molecule has 2 rings (SSSR count). The van der Waals surface area contributed by atoms with Gasteiger partial charge >= 0.3 is 0 Å². The topological polar surface area (TPSA) is 47.4 Å². The number of hydrogen-bond acceptors (Lipinski definition) is 5. The molecule has 0 radical (unpaired) electrons. The zero-order valence-electron chi connectivity index (χ0n) is 12.5. The number of carbonyl (C=O) groups is 1. The first-order valence-electron chi connectivity index (χ1n) is 6.49. The maximum absolute atomic E-state index is 12.8. The van der Waals surface area contributed by atoms with E-state index in [9.17, 15) is 4.79 Å². The van der Waals surface area contributed by atoms with Crippen LogP contribution in [0.3, 0.4) is 0 Å². The molecule has 0 N–H and O–H groups in total. The van der Waals surface area contributed by atoms with Gasteiger partial charge in [-0.1, -0.05) is 0 Å². The molecule has 2 aromatic heterocycles. The Morgan fingerprint density at radius 3 is 2.76 bits per heavy atom. The molecule has 0 aliphatic carbocycles. The average Bonchev–Trinajstić information content (AvgIpc) is 2.99. The number of rotatable bonds is 6. The monoisotopic (exact) mass is 371 g/mol. The van der Waals surface area contributed by atoms with Crippen molar-refractivity contribution in [1.29, 1.82) is 0 Å². The summed E-state index contributed by atoms with van der Waals surface area (Å²) in [6, 6.07) is 1.89. The molecule has 114 valence electrons. The minimum Gasteiger partial charge on any atom is -0.493 e. The second kappa shape index (κ2) is 6.72. The Bertz CT molecular complexity index is 629. The van der Waals surface area contributed by atoms with Crippen LogP contribution in [0.5, 0.6) is 5.75 Å². The van der Waals surface area contributed by atoms with E-state index in [1.54, 1.807) is 18.0 Å². The molecular formula is C14H18BrN3O2S. The summed E-state index contributed by atoms with van der Waals surface area (Å²) in [5, 5.41) is 4.27. The predicted molar refractivity (Wildman–Crippen MR) is 87.5 cm³/mol. The second-order valence-electron chi connectivity index (χ2n) is 4.98. The Kier molecular flexibility index (Phi) is 5.18. The summed E-state index contributed by atoms with van der Waals surface area (Å²) in [5.41, 5.74) is 1.56. The summed E-state index contributed by atoms with van der Waals surface area (Å²) in [6.45, 7) is 3.42. The van der Waals surface area contributed by atoms with Gasteiger partial charge in [-0.3, -0.25) is 9.48 Å². The highest BCUT2D eigenvalue weighted by molar-refractivity contribution is 9.11. The molecule has 0 saturated heterocycles. The fraction of sp³-hybridized carbons (Fsp3) is 0.429. The number of aromatic nitrogens is 2. The lowest BCUT2D eigenvalue weighted by Gasteiger charge is -2.11. The standard InChI is InChI=1S/C14H18BrN3O2S/c1-9-7-11(21-14(9)15)13(19)12-10(20-4)8-16-18(12)6-5-17(2)3/h7-8H,5-6H2,1-4H3. The first-order chi connectivity index (χ1) is 9.93. The van der Waals surface area contributed by atoms with E-state index in [1.165, 1.54) is 11.3 Å². The number of nitrogens with zero attached hydrogens (tertiary/aromatic N) is 3. The van der Waals surface area contributed by atoms with Gasteiger partial charge in [-0.2, -0.15) is 5.10 Å². The lowest BCUT2D eigenvalue weighted by Crippen LogP contribution is -2.21. The highest BCUT2D eigenvalue weighted by Gasteiger charge is 2.23. The molecule has 0 amide bonds. The van der Waals surface area contributed by atoms with Crippen LogP contribution in [0.15, 0.2) is 16.0 Å². The summed E-state index contributed by atoms with van der Waals surface area (Å²) in [5.74, 6) is 0.461. The number of likely N-dealkylation sites (N-methyl/N-ethyl adjacent to an activating group) is 1. The molecule has 0 saturated carbocycles. The van der Waals surface area contributed by atoms with Gasteiger partial charge < -0.3 is 9.64 Å². The van der Waals surface area contributed by atoms with Gasteiger partial charge in [0.05, 0.1) is 28.5 Å². The minimum atomic E-state index is -0.0538. The van der Waals surface area contributed by atoms with Crippen molar-refractivity contribution in [2.24, 2.45) is 0 Å². The van der Waals surface area contributed by atoms with E-state index in [-0.39, 0.29) is 5.78 Å². The molecule has 0 unspecified atom stereocenters. The Morgan fingerprint density at radius 1 is 1.52 bits per heavy atom. The van der Waals surface area contributed by atoms with Gasteiger partial charge in [-0.05, 0) is 48.6 Å². The molecule has 0 aliphatic rings. The molecule has 0 aliphatic heterocycles. The van der Waals surface area contributed by atoms with Crippen LogP contribution >= 0.6 is 27.3 Å². The number of ether oxygens (including phenoxy) is 1. The normalized spacial score (nSPS) is 11.1. The maximum Gasteiger partial charge on any atom is 0.224 e. The van der Waals surface area contributed by atoms with E-state index < -0.39 is 0 Å². The molecular weight excluding hydrogens is 354 g/mol. The Balaban J connectivity index is 2.36. The van der Waals surface area contributed by atoms with Gasteiger partial charge in [0.1, 0.15) is 0 Å². The summed E-state index contributed by atoms with van der Waals surface area (Å²) in [6.07, 6.45) is 1.60. The molecule has 5 nitrogen and oxygen atoms in total. The van der Waals surface area contributed by atoms with Crippen molar-refractivity contribution in [3.05, 3.63) is 32.2 Å². The Morgan fingerprint density at radius 2 is 2.24 bits per heavy atom. The van der Waals surface area contributed by atoms with Crippen LogP contribution in [0.2, 0.25) is 0 Å². The van der Waals surface area contributed by atoms with Crippen LogP contribution < -0.4 is 4.74 Å². The van der Waals surface area contributed by atoms with Crippen molar-refractivity contribution in [3.63, 3.8) is 0 Å². The smallest absolute Gasteiger partial charge is 0.224 e. The van der Waals surface area contributed by atoms with Gasteiger partial charge in [0.15, 0.2) is 11.4 Å². The lowest BCUT2D eigenvalue weighted by atomic mass is 10.2. The summed E-state index contributed by atoms with van der Waals surface area (Å²) < 4.78 is 7.98. The number of methoxy groups -OCH3 is 1. The van der Waals surface area contributed by atoms with Gasteiger partial charge in [0, 0.05) is 6.54 Å². The number of halogens is 1. The van der Waals surface area contributed by atoms with Crippen molar-refractivity contribution in [2.75, 3.05) is 27.7 Å². The molecule has 0 bridgehead atoms. The fourth-order valence-corrected chi connectivity index (χ4v) is 3.38. The highest BCUT2D eigenvalue weighted by Crippen LogP contribution is 2.31. The van der Waals surface area contributed by atoms with Crippen molar-refractivity contribution in [1.82, 2.24) is 14.7 Å². The van der Waals surface area contributed by atoms with Crippen molar-refractivity contribution < 1.29 is 9.53 Å². The van der Waals surface area contributed by atoms with Crippen molar-refractivity contribution in [2.45, 2.75) is 13.5 Å². The second-order valence-corrected chi connectivity index (χ2v) is 7.35. The molecule has 7 heteroatoms. The Hall–Kier alpha value is -1.18. The lowest BCUT2D eigenvalue weighted by molar-refractivity contribution is 0.102. The SMILES string of the molecule is COc1cnn(CCN(C)C)c1C(=O)c1cc(C)c(Br)s1. The minimum absolute atomic E-state index is 0.0538. The molecule has 2 aromatic rings. The quantitative estimate of drug-likeness (QED) is 0.732. The van der Waals surface area contributed by atoms with Gasteiger partial charge in [0.2, 0.25) is 5.78 Å². The molecule has 0 aromatic carbocycles. The molecule has 2 heterocycles. The van der Waals surface area contributed by atoms with E-state index in [0.717, 1.165) is 15.9 Å². The summed E-state index contributed by atoms with van der Waals surface area (Å²) in [4.78, 5) is 15.5. The molecule has 21 heavy (non-hydrogen) atoms. The Labute approximate surface area is 136 Å². The van der Waals surface area contributed by atoms with Gasteiger partial charge in [0.25, 0.3) is 0 Å². The number of aryl methyl sites for hydroxylation is 1. The van der Waals surface area contributed by atoms with E-state index in [4.69, 9.17) is 4.74 Å². The maximum atomic E-state index is 12.8. The highest BCUT2D eigenvalue weighted by atomic mass is 79.9. The fourth-order valence-electron chi connectivity index (χ4n) is 1.90. The first kappa shape index (κ1) is 16.2. The zero-order chi connectivity index (χ0) is 15.6. The third-order valence-corrected chi connectivity index (χ3v) is 5.22. The van der Waals surface area contributed by atoms with E-state index in [0.29, 0.717) is 22.9 Å². The third-order valence-electron chi connectivity index (χ3n) is 3.08. The zero-order valence-corrected chi connectivity index (χ0v) is 14.9.